The van der Waals surface area contributed by atoms with E-state index in [0.717, 1.165) is 0 Å². The first-order valence-electron chi connectivity index (χ1n) is 6.56. The summed E-state index contributed by atoms with van der Waals surface area (Å²) in [7, 11) is 3.18. The first kappa shape index (κ1) is 16.7. The van der Waals surface area contributed by atoms with Crippen molar-refractivity contribution < 1.29 is 14.5 Å². The van der Waals surface area contributed by atoms with Gasteiger partial charge in [-0.1, -0.05) is 11.8 Å². The van der Waals surface area contributed by atoms with E-state index in [0.29, 0.717) is 10.9 Å². The standard InChI is InChI=1S/C13H15N5O4S/c1-8(23-13-16-14-7-17(13)2)12(19)15-10-5-4-9(22-3)6-11(10)18(20)21/h4-8H,1-3H3,(H,15,19)/t8-/m0/s1. The minimum Gasteiger partial charge on any atom is -0.496 e. The molecule has 0 radical (unpaired) electrons. The van der Waals surface area contributed by atoms with Gasteiger partial charge in [-0.3, -0.25) is 14.9 Å². The summed E-state index contributed by atoms with van der Waals surface area (Å²) in [5.74, 6) is -0.0255. The average Bonchev–Trinajstić information content (AvgIpc) is 2.92. The van der Waals surface area contributed by atoms with E-state index in [9.17, 15) is 14.9 Å². The van der Waals surface area contributed by atoms with E-state index < -0.39 is 10.2 Å². The molecular formula is C13H15N5O4S. The lowest BCUT2D eigenvalue weighted by Crippen LogP contribution is -2.23. The number of nitrogens with zero attached hydrogens (tertiary/aromatic N) is 4. The number of nitro benzene ring substituents is 1. The summed E-state index contributed by atoms with van der Waals surface area (Å²) in [5.41, 5.74) is -0.111. The van der Waals surface area contributed by atoms with Crippen LogP contribution < -0.4 is 10.1 Å². The van der Waals surface area contributed by atoms with Gasteiger partial charge in [0, 0.05) is 7.05 Å². The Balaban J connectivity index is 2.13. The van der Waals surface area contributed by atoms with Crippen LogP contribution in [0.25, 0.3) is 0 Å². The van der Waals surface area contributed by atoms with Gasteiger partial charge >= 0.3 is 0 Å². The third-order valence-electron chi connectivity index (χ3n) is 2.98. The van der Waals surface area contributed by atoms with E-state index in [-0.39, 0.29) is 17.3 Å². The topological polar surface area (TPSA) is 112 Å². The van der Waals surface area contributed by atoms with Crippen molar-refractivity contribution in [3.8, 4) is 5.75 Å². The molecule has 1 atom stereocenters. The van der Waals surface area contributed by atoms with Gasteiger partial charge in [-0.2, -0.15) is 0 Å². The van der Waals surface area contributed by atoms with Crippen LogP contribution in [0.5, 0.6) is 5.75 Å². The van der Waals surface area contributed by atoms with Crippen molar-refractivity contribution in [2.75, 3.05) is 12.4 Å². The molecule has 0 saturated heterocycles. The maximum Gasteiger partial charge on any atom is 0.296 e. The number of anilines is 1. The van der Waals surface area contributed by atoms with Gasteiger partial charge in [0.15, 0.2) is 5.16 Å². The summed E-state index contributed by atoms with van der Waals surface area (Å²) in [4.78, 5) is 22.8. The number of carbonyl (C=O) groups excluding carboxylic acids is 1. The number of nitro groups is 1. The van der Waals surface area contributed by atoms with E-state index in [1.807, 2.05) is 0 Å². The summed E-state index contributed by atoms with van der Waals surface area (Å²) >= 11 is 1.21. The molecule has 0 spiro atoms. The predicted molar refractivity (Wildman–Crippen MR) is 84.6 cm³/mol. The fraction of sp³-hybridized carbons (Fsp3) is 0.308. The van der Waals surface area contributed by atoms with Gasteiger partial charge in [0.25, 0.3) is 5.69 Å². The summed E-state index contributed by atoms with van der Waals surface area (Å²) in [6, 6.07) is 4.24. The molecule has 23 heavy (non-hydrogen) atoms. The van der Waals surface area contributed by atoms with E-state index in [1.54, 1.807) is 24.6 Å². The Hall–Kier alpha value is -2.62. The lowest BCUT2D eigenvalue weighted by molar-refractivity contribution is -0.384. The molecule has 2 rings (SSSR count). The van der Waals surface area contributed by atoms with Crippen molar-refractivity contribution in [1.29, 1.82) is 0 Å². The molecule has 2 aromatic rings. The SMILES string of the molecule is COc1ccc(NC(=O)[C@H](C)Sc2nncn2C)c([N+](=O)[O-])c1. The van der Waals surface area contributed by atoms with Gasteiger partial charge in [-0.05, 0) is 19.1 Å². The first-order chi connectivity index (χ1) is 10.9. The van der Waals surface area contributed by atoms with E-state index in [1.165, 1.54) is 37.3 Å². The molecule has 1 N–H and O–H groups in total. The van der Waals surface area contributed by atoms with Crippen molar-refractivity contribution >= 4 is 29.0 Å². The van der Waals surface area contributed by atoms with Crippen LogP contribution in [-0.2, 0) is 11.8 Å². The molecule has 1 heterocycles. The van der Waals surface area contributed by atoms with Crippen LogP contribution in [0.1, 0.15) is 6.92 Å². The van der Waals surface area contributed by atoms with Crippen molar-refractivity contribution in [1.82, 2.24) is 14.8 Å². The molecule has 0 unspecified atom stereocenters. The average molecular weight is 337 g/mol. The van der Waals surface area contributed by atoms with Crippen LogP contribution in [-0.4, -0.2) is 38.0 Å². The van der Waals surface area contributed by atoms with Gasteiger partial charge in [0.05, 0.1) is 23.3 Å². The number of amides is 1. The highest BCUT2D eigenvalue weighted by Crippen LogP contribution is 2.30. The zero-order valence-electron chi connectivity index (χ0n) is 12.7. The Morgan fingerprint density at radius 2 is 2.26 bits per heavy atom. The third kappa shape index (κ3) is 3.97. The predicted octanol–water partition coefficient (Wildman–Crippen LogP) is 1.85. The number of aromatic nitrogens is 3. The van der Waals surface area contributed by atoms with Crippen LogP contribution in [0.2, 0.25) is 0 Å². The van der Waals surface area contributed by atoms with Gasteiger partial charge in [-0.25, -0.2) is 0 Å². The Morgan fingerprint density at radius 3 is 2.83 bits per heavy atom. The lowest BCUT2D eigenvalue weighted by atomic mass is 10.2. The third-order valence-corrected chi connectivity index (χ3v) is 4.13. The smallest absolute Gasteiger partial charge is 0.296 e. The molecule has 1 aromatic carbocycles. The second kappa shape index (κ2) is 7.09. The normalized spacial score (nSPS) is 11.8. The molecule has 0 aliphatic heterocycles. The van der Waals surface area contributed by atoms with Crippen molar-refractivity contribution in [3.05, 3.63) is 34.6 Å². The van der Waals surface area contributed by atoms with Crippen molar-refractivity contribution in [2.24, 2.45) is 7.05 Å². The fourth-order valence-corrected chi connectivity index (χ4v) is 2.51. The number of aryl methyl sites for hydroxylation is 1. The van der Waals surface area contributed by atoms with Crippen LogP contribution in [0.3, 0.4) is 0 Å². The van der Waals surface area contributed by atoms with Gasteiger partial charge in [-0.15, -0.1) is 10.2 Å². The van der Waals surface area contributed by atoms with Crippen LogP contribution in [0, 0.1) is 10.1 Å². The van der Waals surface area contributed by atoms with Crippen molar-refractivity contribution in [2.45, 2.75) is 17.3 Å². The largest absolute Gasteiger partial charge is 0.496 e. The minimum absolute atomic E-state index is 0.117. The number of hydrogen-bond donors (Lipinski definition) is 1. The Labute approximate surface area is 136 Å². The second-order valence-corrected chi connectivity index (χ2v) is 5.92. The van der Waals surface area contributed by atoms with Crippen molar-refractivity contribution in [3.63, 3.8) is 0 Å². The maximum atomic E-state index is 12.2. The van der Waals surface area contributed by atoms with Crippen LogP contribution in [0.4, 0.5) is 11.4 Å². The van der Waals surface area contributed by atoms with Crippen LogP contribution in [0.15, 0.2) is 29.7 Å². The molecule has 0 aliphatic carbocycles. The summed E-state index contributed by atoms with van der Waals surface area (Å²) in [5, 5.41) is 21.4. The highest BCUT2D eigenvalue weighted by molar-refractivity contribution is 8.00. The monoisotopic (exact) mass is 337 g/mol. The number of rotatable bonds is 6. The fourth-order valence-electron chi connectivity index (χ4n) is 1.72. The number of thioether (sulfide) groups is 1. The quantitative estimate of drug-likeness (QED) is 0.486. The Bertz CT molecular complexity index is 733. The molecule has 0 aliphatic rings. The molecule has 1 amide bonds. The molecule has 122 valence electrons. The molecular weight excluding hydrogens is 322 g/mol. The zero-order chi connectivity index (χ0) is 17.0. The Morgan fingerprint density at radius 1 is 1.52 bits per heavy atom. The van der Waals surface area contributed by atoms with Crippen LogP contribution >= 0.6 is 11.8 Å². The molecule has 0 fully saturated rings. The number of hydrogen-bond acceptors (Lipinski definition) is 7. The number of carbonyl (C=O) groups is 1. The maximum absolute atomic E-state index is 12.2. The number of ether oxygens (including phenoxy) is 1. The number of benzene rings is 1. The number of nitrogens with one attached hydrogen (secondary N) is 1. The van der Waals surface area contributed by atoms with E-state index >= 15 is 0 Å². The van der Waals surface area contributed by atoms with E-state index in [4.69, 9.17) is 4.74 Å². The molecule has 1 aromatic heterocycles. The van der Waals surface area contributed by atoms with Gasteiger partial charge in [0.1, 0.15) is 17.8 Å². The molecule has 10 heteroatoms. The summed E-state index contributed by atoms with van der Waals surface area (Å²) in [6.45, 7) is 1.68. The number of methoxy groups -OCH3 is 1. The lowest BCUT2D eigenvalue weighted by Gasteiger charge is -2.12. The highest BCUT2D eigenvalue weighted by atomic mass is 32.2. The summed E-state index contributed by atoms with van der Waals surface area (Å²) < 4.78 is 6.64. The molecule has 0 bridgehead atoms. The second-order valence-electron chi connectivity index (χ2n) is 4.61. The minimum atomic E-state index is -0.571. The first-order valence-corrected chi connectivity index (χ1v) is 7.44. The zero-order valence-corrected chi connectivity index (χ0v) is 13.5. The highest BCUT2D eigenvalue weighted by Gasteiger charge is 2.22. The Kier molecular flexibility index (Phi) is 5.16. The summed E-state index contributed by atoms with van der Waals surface area (Å²) in [6.07, 6.45) is 1.53. The van der Waals surface area contributed by atoms with Gasteiger partial charge < -0.3 is 14.6 Å². The molecule has 0 saturated carbocycles. The molecule has 9 nitrogen and oxygen atoms in total. The van der Waals surface area contributed by atoms with E-state index in [2.05, 4.69) is 15.5 Å². The van der Waals surface area contributed by atoms with Gasteiger partial charge in [0.2, 0.25) is 5.91 Å².